The minimum atomic E-state index is 0.967. The minimum Gasteiger partial charge on any atom is -0.372 e. The summed E-state index contributed by atoms with van der Waals surface area (Å²) in [6, 6.07) is 26.8. The van der Waals surface area contributed by atoms with Crippen LogP contribution in [0.15, 0.2) is 72.8 Å². The number of nitrogens with zero attached hydrogens (tertiary/aromatic N) is 2. The molecule has 0 N–H and O–H groups in total. The molecule has 1 aliphatic rings. The second-order valence-corrected chi connectivity index (χ2v) is 7.39. The molecule has 0 radical (unpaired) electrons. The Bertz CT molecular complexity index is 1050. The predicted molar refractivity (Wildman–Crippen MR) is 114 cm³/mol. The van der Waals surface area contributed by atoms with Gasteiger partial charge in [-0.3, -0.25) is 0 Å². The van der Waals surface area contributed by atoms with Crippen molar-refractivity contribution in [1.29, 1.82) is 0 Å². The lowest BCUT2D eigenvalue weighted by molar-refractivity contribution is -0.641. The second kappa shape index (κ2) is 6.70. The largest absolute Gasteiger partial charge is 0.372 e. The van der Waals surface area contributed by atoms with Crippen LogP contribution >= 0.6 is 0 Å². The van der Waals surface area contributed by atoms with Crippen LogP contribution < -0.4 is 9.47 Å². The Balaban J connectivity index is 1.76. The molecule has 134 valence electrons. The number of aryl methyl sites for hydroxylation is 1. The van der Waals surface area contributed by atoms with Crippen molar-refractivity contribution in [3.63, 3.8) is 0 Å². The van der Waals surface area contributed by atoms with Crippen molar-refractivity contribution >= 4 is 27.5 Å². The molecule has 0 amide bonds. The summed E-state index contributed by atoms with van der Waals surface area (Å²) in [6.07, 6.45) is 2.62. The van der Waals surface area contributed by atoms with Crippen molar-refractivity contribution in [3.05, 3.63) is 72.8 Å². The van der Waals surface area contributed by atoms with Crippen molar-refractivity contribution in [3.8, 4) is 11.1 Å². The second-order valence-electron chi connectivity index (χ2n) is 7.39. The Morgan fingerprint density at radius 1 is 0.741 bits per heavy atom. The monoisotopic (exact) mass is 353 g/mol. The third-order valence-corrected chi connectivity index (χ3v) is 5.87. The Morgan fingerprint density at radius 2 is 1.30 bits per heavy atom. The first kappa shape index (κ1) is 16.3. The van der Waals surface area contributed by atoms with Gasteiger partial charge in [-0.15, -0.1) is 0 Å². The van der Waals surface area contributed by atoms with Gasteiger partial charge in [-0.1, -0.05) is 36.4 Å². The molecule has 4 aromatic rings. The van der Waals surface area contributed by atoms with E-state index in [1.807, 2.05) is 0 Å². The lowest BCUT2D eigenvalue weighted by atomic mass is 9.95. The van der Waals surface area contributed by atoms with Crippen LogP contribution in [-0.4, -0.2) is 13.1 Å². The van der Waals surface area contributed by atoms with Crippen LogP contribution in [0.2, 0.25) is 0 Å². The van der Waals surface area contributed by atoms with Crippen LogP contribution in [0.5, 0.6) is 0 Å². The molecule has 0 saturated carbocycles. The first-order valence-corrected chi connectivity index (χ1v) is 10.1. The summed E-state index contributed by atoms with van der Waals surface area (Å²) in [6.45, 7) is 5.57. The average Bonchev–Trinajstić information content (AvgIpc) is 3.27. The molecule has 1 saturated heterocycles. The van der Waals surface area contributed by atoms with Gasteiger partial charge >= 0.3 is 0 Å². The predicted octanol–water partition coefficient (Wildman–Crippen LogP) is 5.57. The smallest absolute Gasteiger partial charge is 0.213 e. The molecule has 1 aliphatic heterocycles. The zero-order valence-electron chi connectivity index (χ0n) is 15.9. The minimum absolute atomic E-state index is 0.967. The first-order valence-electron chi connectivity index (χ1n) is 10.1. The standard InChI is InChI=1S/C25H25N2/c1-2-27-23-11-5-3-9-21(23)25(22-10-4-6-12-24(22)27)19-13-15-20(16-14-19)26-17-7-8-18-26/h3-6,9-16H,2,7-8,17-18H2,1H3/q+1. The van der Waals surface area contributed by atoms with E-state index in [1.165, 1.54) is 64.6 Å². The molecule has 0 aliphatic carbocycles. The average molecular weight is 353 g/mol. The van der Waals surface area contributed by atoms with Gasteiger partial charge in [0.25, 0.3) is 0 Å². The van der Waals surface area contributed by atoms with Gasteiger partial charge in [0.05, 0.1) is 10.8 Å². The molecular formula is C25H25N2+. The maximum atomic E-state index is 2.50. The highest BCUT2D eigenvalue weighted by Crippen LogP contribution is 2.35. The third-order valence-electron chi connectivity index (χ3n) is 5.87. The number of benzene rings is 3. The summed E-state index contributed by atoms with van der Waals surface area (Å²) in [5.74, 6) is 0. The van der Waals surface area contributed by atoms with E-state index in [2.05, 4.69) is 89.2 Å². The molecule has 2 heterocycles. The van der Waals surface area contributed by atoms with Crippen LogP contribution in [-0.2, 0) is 6.54 Å². The van der Waals surface area contributed by atoms with Crippen LogP contribution in [0, 0.1) is 0 Å². The first-order chi connectivity index (χ1) is 13.4. The number of anilines is 1. The van der Waals surface area contributed by atoms with Gasteiger partial charge < -0.3 is 4.90 Å². The maximum Gasteiger partial charge on any atom is 0.213 e. The summed E-state index contributed by atoms with van der Waals surface area (Å²) in [5, 5.41) is 2.65. The molecule has 1 fully saturated rings. The van der Waals surface area contributed by atoms with Crippen LogP contribution in [0.1, 0.15) is 19.8 Å². The maximum absolute atomic E-state index is 2.50. The molecule has 2 heteroatoms. The Morgan fingerprint density at radius 3 is 1.85 bits per heavy atom. The number of aromatic nitrogens is 1. The summed E-state index contributed by atoms with van der Waals surface area (Å²) in [5.41, 5.74) is 6.60. The summed E-state index contributed by atoms with van der Waals surface area (Å²) in [7, 11) is 0. The van der Waals surface area contributed by atoms with Crippen LogP contribution in [0.4, 0.5) is 5.69 Å². The van der Waals surface area contributed by atoms with E-state index in [4.69, 9.17) is 0 Å². The highest BCUT2D eigenvalue weighted by atomic mass is 15.1. The SMILES string of the molecule is CC[n+]1c2ccccc2c(-c2ccc(N3CCCC3)cc2)c2ccccc21. The molecule has 3 aromatic carbocycles. The molecular weight excluding hydrogens is 328 g/mol. The molecule has 2 nitrogen and oxygen atoms in total. The van der Waals surface area contributed by atoms with E-state index in [0.29, 0.717) is 0 Å². The number of fused-ring (bicyclic) bond motifs is 2. The zero-order valence-corrected chi connectivity index (χ0v) is 15.9. The van der Waals surface area contributed by atoms with E-state index < -0.39 is 0 Å². The number of rotatable bonds is 3. The molecule has 1 aromatic heterocycles. The Hall–Kier alpha value is -2.87. The highest BCUT2D eigenvalue weighted by molar-refractivity contribution is 6.07. The fourth-order valence-corrected chi connectivity index (χ4v) is 4.58. The van der Waals surface area contributed by atoms with Crippen molar-refractivity contribution in [2.24, 2.45) is 0 Å². The van der Waals surface area contributed by atoms with Gasteiger partial charge in [0.2, 0.25) is 11.0 Å². The Kier molecular flexibility index (Phi) is 4.05. The quantitative estimate of drug-likeness (QED) is 0.345. The number of hydrogen-bond acceptors (Lipinski definition) is 1. The van der Waals surface area contributed by atoms with Crippen molar-refractivity contribution in [2.75, 3.05) is 18.0 Å². The van der Waals surface area contributed by atoms with E-state index in [-0.39, 0.29) is 0 Å². The highest BCUT2D eigenvalue weighted by Gasteiger charge is 2.20. The lowest BCUT2D eigenvalue weighted by Gasteiger charge is -2.18. The molecule has 0 spiro atoms. The number of para-hydroxylation sites is 2. The van der Waals surface area contributed by atoms with Crippen LogP contribution in [0.3, 0.4) is 0 Å². The summed E-state index contributed by atoms with van der Waals surface area (Å²) < 4.78 is 2.42. The summed E-state index contributed by atoms with van der Waals surface area (Å²) in [4.78, 5) is 2.50. The normalized spacial score (nSPS) is 14.3. The van der Waals surface area contributed by atoms with E-state index >= 15 is 0 Å². The van der Waals surface area contributed by atoms with Crippen LogP contribution in [0.25, 0.3) is 32.9 Å². The number of pyridine rings is 1. The van der Waals surface area contributed by atoms with E-state index in [0.717, 1.165) is 6.54 Å². The zero-order chi connectivity index (χ0) is 18.2. The van der Waals surface area contributed by atoms with Crippen molar-refractivity contribution in [1.82, 2.24) is 0 Å². The van der Waals surface area contributed by atoms with E-state index in [9.17, 15) is 0 Å². The van der Waals surface area contributed by atoms with Crippen molar-refractivity contribution in [2.45, 2.75) is 26.3 Å². The fourth-order valence-electron chi connectivity index (χ4n) is 4.58. The van der Waals surface area contributed by atoms with Gasteiger partial charge in [0, 0.05) is 36.5 Å². The topological polar surface area (TPSA) is 7.12 Å². The van der Waals surface area contributed by atoms with E-state index in [1.54, 1.807) is 0 Å². The van der Waals surface area contributed by atoms with Gasteiger partial charge in [-0.05, 0) is 49.6 Å². The molecule has 0 bridgehead atoms. The third kappa shape index (κ3) is 2.68. The van der Waals surface area contributed by atoms with Gasteiger partial charge in [0.15, 0.2) is 0 Å². The van der Waals surface area contributed by atoms with Crippen molar-refractivity contribution < 1.29 is 4.57 Å². The molecule has 0 atom stereocenters. The van der Waals surface area contributed by atoms with Gasteiger partial charge in [-0.25, -0.2) is 0 Å². The molecule has 5 rings (SSSR count). The lowest BCUT2D eigenvalue weighted by Crippen LogP contribution is -2.34. The molecule has 27 heavy (non-hydrogen) atoms. The van der Waals surface area contributed by atoms with Gasteiger partial charge in [0.1, 0.15) is 6.54 Å². The Labute approximate surface area is 160 Å². The van der Waals surface area contributed by atoms with Gasteiger partial charge in [-0.2, -0.15) is 4.57 Å². The summed E-state index contributed by atoms with van der Waals surface area (Å²) >= 11 is 0. The fraction of sp³-hybridized carbons (Fsp3) is 0.240. The molecule has 0 unspecified atom stereocenters. The number of hydrogen-bond donors (Lipinski definition) is 0.